The zero-order chi connectivity index (χ0) is 4.41. The average Bonchev–Trinajstić information content (AvgIpc) is 1.86. The molecule has 0 N–H and O–H groups in total. The normalized spacial score (nSPS) is 8.83. The van der Waals surface area contributed by atoms with E-state index in [0.29, 0.717) is 5.66 Å². The zero-order valence-electron chi connectivity index (χ0n) is 3.22. The molecule has 0 bridgehead atoms. The molecule has 0 amide bonds. The molecule has 0 atom stereocenters. The summed E-state index contributed by atoms with van der Waals surface area (Å²) in [6.45, 7) is 0. The molecule has 0 aliphatic rings. The summed E-state index contributed by atoms with van der Waals surface area (Å²) in [6, 6.07) is 3.44. The molecule has 3 radical (unpaired) electrons. The zero-order valence-corrected chi connectivity index (χ0v) is 3.22. The van der Waals surface area contributed by atoms with E-state index in [9.17, 15) is 0 Å². The van der Waals surface area contributed by atoms with Crippen LogP contribution in [-0.4, -0.2) is 7.85 Å². The number of hydrogen-bond donors (Lipinski definition) is 0. The second-order valence-corrected chi connectivity index (χ2v) is 1.02. The first-order valence-corrected chi connectivity index (χ1v) is 1.68. The van der Waals surface area contributed by atoms with E-state index in [-0.39, 0.29) is 0 Å². The largest absolute Gasteiger partial charge is 0.527 e. The third kappa shape index (κ3) is 0.457. The molecule has 1 aromatic heterocycles. The smallest absolute Gasteiger partial charge is 0.0847 e. The van der Waals surface area contributed by atoms with E-state index < -0.39 is 0 Å². The van der Waals surface area contributed by atoms with Crippen LogP contribution in [-0.2, 0) is 0 Å². The minimum absolute atomic E-state index is 0.468. The topological polar surface area (TPSA) is 13.1 Å². The molecule has 0 saturated heterocycles. The van der Waals surface area contributed by atoms with Crippen LogP contribution in [0.15, 0.2) is 22.8 Å². The molecule has 1 aromatic rings. The predicted molar refractivity (Wildman–Crippen MR) is 24.1 cm³/mol. The van der Waals surface area contributed by atoms with Crippen LogP contribution in [0.4, 0.5) is 0 Å². The Balaban J connectivity index is 3.05. The molecule has 6 heavy (non-hydrogen) atoms. The molecule has 0 unspecified atom stereocenters. The maximum atomic E-state index is 5.11. The summed E-state index contributed by atoms with van der Waals surface area (Å²) in [4.78, 5) is 0. The van der Waals surface area contributed by atoms with Gasteiger partial charge in [-0.2, -0.15) is 5.66 Å². The summed E-state index contributed by atoms with van der Waals surface area (Å²) in [6.07, 6.45) is 1.54. The maximum absolute atomic E-state index is 5.11. The van der Waals surface area contributed by atoms with Crippen molar-refractivity contribution in [3.05, 3.63) is 18.4 Å². The molecule has 2 heteroatoms. The van der Waals surface area contributed by atoms with Crippen molar-refractivity contribution in [3.8, 4) is 0 Å². The third-order valence-corrected chi connectivity index (χ3v) is 0.543. The van der Waals surface area contributed by atoms with Gasteiger partial charge in [-0.15, -0.1) is 0 Å². The van der Waals surface area contributed by atoms with E-state index in [1.165, 1.54) is 6.26 Å². The van der Waals surface area contributed by atoms with Gasteiger partial charge in [-0.1, -0.05) is 6.07 Å². The minimum atomic E-state index is 0.468. The van der Waals surface area contributed by atoms with E-state index in [4.69, 9.17) is 7.85 Å². The van der Waals surface area contributed by atoms with Crippen molar-refractivity contribution in [2.75, 3.05) is 0 Å². The molecular weight excluding hydrogens is 74.9 g/mol. The molecule has 29 valence electrons. The highest BCUT2D eigenvalue weighted by Crippen LogP contribution is 1.75. The number of furan rings is 1. The molecule has 0 aliphatic carbocycles. The monoisotopic (exact) mass is 78.0 g/mol. The van der Waals surface area contributed by atoms with Gasteiger partial charge in [-0.3, -0.25) is 0 Å². The van der Waals surface area contributed by atoms with Crippen LogP contribution in [0.5, 0.6) is 0 Å². The van der Waals surface area contributed by atoms with Crippen molar-refractivity contribution in [1.82, 2.24) is 0 Å². The summed E-state index contributed by atoms with van der Waals surface area (Å²) in [7, 11) is 5.11. The van der Waals surface area contributed by atoms with Crippen molar-refractivity contribution >= 4 is 13.5 Å². The van der Waals surface area contributed by atoms with Gasteiger partial charge in [0.05, 0.1) is 6.26 Å². The SMILES string of the molecule is [B-]c1ccco1. The molecule has 1 heterocycles. The Labute approximate surface area is 37.4 Å². The summed E-state index contributed by atoms with van der Waals surface area (Å²) in [5.41, 5.74) is 0.468. The standard InChI is InChI=1S/C4H3BO/c5-4-2-1-3-6-4/h1-3H/q-1. The molecule has 0 saturated carbocycles. The highest BCUT2D eigenvalue weighted by Gasteiger charge is 1.62. The Kier molecular flexibility index (Phi) is 0.711. The molecule has 1 rings (SSSR count). The highest BCUT2D eigenvalue weighted by atomic mass is 16.3. The lowest BCUT2D eigenvalue weighted by Gasteiger charge is -1.90. The first kappa shape index (κ1) is 3.53. The Morgan fingerprint density at radius 1 is 1.67 bits per heavy atom. The number of hydrogen-bond acceptors (Lipinski definition) is 1. The Morgan fingerprint density at radius 2 is 2.50 bits per heavy atom. The van der Waals surface area contributed by atoms with Gasteiger partial charge in [0.25, 0.3) is 0 Å². The van der Waals surface area contributed by atoms with Crippen molar-refractivity contribution < 1.29 is 4.42 Å². The molecule has 0 aromatic carbocycles. The van der Waals surface area contributed by atoms with E-state index >= 15 is 0 Å². The fraction of sp³-hybridized carbons (Fsp3) is 0. The van der Waals surface area contributed by atoms with Gasteiger partial charge in [-0.25, -0.2) is 0 Å². The van der Waals surface area contributed by atoms with Crippen LogP contribution in [0.2, 0.25) is 0 Å². The van der Waals surface area contributed by atoms with Crippen molar-refractivity contribution in [2.24, 2.45) is 0 Å². The fourth-order valence-corrected chi connectivity index (χ4v) is 0.291. The lowest BCUT2D eigenvalue weighted by atomic mass is 10.1. The van der Waals surface area contributed by atoms with Gasteiger partial charge in [0.15, 0.2) is 0 Å². The third-order valence-electron chi connectivity index (χ3n) is 0.543. The summed E-state index contributed by atoms with van der Waals surface area (Å²) < 4.78 is 4.61. The van der Waals surface area contributed by atoms with Gasteiger partial charge < -0.3 is 12.3 Å². The second-order valence-electron chi connectivity index (χ2n) is 1.02. The van der Waals surface area contributed by atoms with Crippen molar-refractivity contribution in [1.29, 1.82) is 0 Å². The van der Waals surface area contributed by atoms with Crippen LogP contribution >= 0.6 is 0 Å². The Bertz CT molecular complexity index is 111. The average molecular weight is 77.9 g/mol. The van der Waals surface area contributed by atoms with E-state index in [0.717, 1.165) is 0 Å². The number of rotatable bonds is 0. The van der Waals surface area contributed by atoms with Crippen LogP contribution in [0.25, 0.3) is 0 Å². The highest BCUT2D eigenvalue weighted by molar-refractivity contribution is 6.29. The van der Waals surface area contributed by atoms with Crippen LogP contribution in [0.3, 0.4) is 0 Å². The Hall–Kier alpha value is -0.655. The summed E-state index contributed by atoms with van der Waals surface area (Å²) in [5.74, 6) is 0. The summed E-state index contributed by atoms with van der Waals surface area (Å²) >= 11 is 0. The Morgan fingerprint density at radius 3 is 2.67 bits per heavy atom. The van der Waals surface area contributed by atoms with Crippen LogP contribution < -0.4 is 5.66 Å². The van der Waals surface area contributed by atoms with E-state index in [2.05, 4.69) is 4.42 Å². The van der Waals surface area contributed by atoms with Crippen molar-refractivity contribution in [2.45, 2.75) is 0 Å². The second kappa shape index (κ2) is 1.21. The molecule has 1 nitrogen and oxygen atoms in total. The quantitative estimate of drug-likeness (QED) is 0.400. The first-order valence-electron chi connectivity index (χ1n) is 1.68. The lowest BCUT2D eigenvalue weighted by Crippen LogP contribution is -1.92. The minimum Gasteiger partial charge on any atom is -0.527 e. The van der Waals surface area contributed by atoms with Crippen molar-refractivity contribution in [3.63, 3.8) is 0 Å². The maximum Gasteiger partial charge on any atom is 0.0847 e. The van der Waals surface area contributed by atoms with E-state index in [1.807, 2.05) is 0 Å². The lowest BCUT2D eigenvalue weighted by molar-refractivity contribution is 0.602. The first-order chi connectivity index (χ1) is 2.89. The van der Waals surface area contributed by atoms with Gasteiger partial charge in [0, 0.05) is 0 Å². The van der Waals surface area contributed by atoms with Gasteiger partial charge in [0.2, 0.25) is 0 Å². The molecule has 0 spiro atoms. The van der Waals surface area contributed by atoms with Crippen LogP contribution in [0.1, 0.15) is 0 Å². The molecule has 0 aliphatic heterocycles. The fourth-order valence-electron chi connectivity index (χ4n) is 0.291. The van der Waals surface area contributed by atoms with Gasteiger partial charge in [0.1, 0.15) is 0 Å². The van der Waals surface area contributed by atoms with E-state index in [1.54, 1.807) is 12.1 Å². The van der Waals surface area contributed by atoms with Crippen LogP contribution in [0, 0.1) is 0 Å². The van der Waals surface area contributed by atoms with Gasteiger partial charge >= 0.3 is 0 Å². The predicted octanol–water partition coefficient (Wildman–Crippen LogP) is 0.0734. The molecule has 0 fully saturated rings. The molecular formula is C4H3BO-. The van der Waals surface area contributed by atoms with Gasteiger partial charge in [-0.05, 0) is 6.07 Å². The summed E-state index contributed by atoms with van der Waals surface area (Å²) in [5, 5.41) is 0.